The summed E-state index contributed by atoms with van der Waals surface area (Å²) in [4.78, 5) is 11.2. The Kier molecular flexibility index (Phi) is 2.80. The highest BCUT2D eigenvalue weighted by Gasteiger charge is 2.37. The molecule has 3 atom stereocenters. The molecule has 80 valence electrons. The SMILES string of the molecule is CC1NC(=O)S(=O)C1c1ccc(Cl)cc1. The van der Waals surface area contributed by atoms with Crippen LogP contribution >= 0.6 is 11.6 Å². The van der Waals surface area contributed by atoms with Gasteiger partial charge in [0.2, 0.25) is 0 Å². The second kappa shape index (κ2) is 3.94. The van der Waals surface area contributed by atoms with Crippen molar-refractivity contribution in [2.24, 2.45) is 0 Å². The summed E-state index contributed by atoms with van der Waals surface area (Å²) in [5, 5.41) is 2.64. The number of rotatable bonds is 1. The van der Waals surface area contributed by atoms with Crippen molar-refractivity contribution in [1.82, 2.24) is 5.32 Å². The second-order valence-corrected chi connectivity index (χ2v) is 5.40. The number of halogens is 1. The third kappa shape index (κ3) is 1.92. The molecule has 0 spiro atoms. The Bertz CT molecular complexity index is 418. The van der Waals surface area contributed by atoms with Crippen LogP contribution in [0.4, 0.5) is 4.79 Å². The number of hydrogen-bond donors (Lipinski definition) is 1. The van der Waals surface area contributed by atoms with Crippen molar-refractivity contribution in [3.8, 4) is 0 Å². The maximum atomic E-state index is 11.7. The molecular weight excluding hydrogens is 234 g/mol. The van der Waals surface area contributed by atoms with Crippen LogP contribution in [0.2, 0.25) is 5.02 Å². The van der Waals surface area contributed by atoms with Crippen LogP contribution in [0, 0.1) is 0 Å². The van der Waals surface area contributed by atoms with Crippen LogP contribution in [-0.2, 0) is 10.8 Å². The van der Waals surface area contributed by atoms with Gasteiger partial charge in [0.25, 0.3) is 0 Å². The molecule has 1 saturated heterocycles. The number of amides is 1. The van der Waals surface area contributed by atoms with Crippen LogP contribution in [0.25, 0.3) is 0 Å². The Morgan fingerprint density at radius 2 is 1.93 bits per heavy atom. The van der Waals surface area contributed by atoms with Crippen LogP contribution in [0.1, 0.15) is 17.7 Å². The van der Waals surface area contributed by atoms with E-state index in [2.05, 4.69) is 5.32 Å². The average Bonchev–Trinajstić information content (AvgIpc) is 2.44. The van der Waals surface area contributed by atoms with Gasteiger partial charge in [-0.1, -0.05) is 23.7 Å². The third-order valence-electron chi connectivity index (χ3n) is 2.41. The first-order valence-corrected chi connectivity index (χ1v) is 6.15. The summed E-state index contributed by atoms with van der Waals surface area (Å²) < 4.78 is 11.7. The summed E-state index contributed by atoms with van der Waals surface area (Å²) in [6.45, 7) is 1.85. The summed E-state index contributed by atoms with van der Waals surface area (Å²) in [6.07, 6.45) is 0. The monoisotopic (exact) mass is 243 g/mol. The fourth-order valence-corrected chi connectivity index (χ4v) is 3.19. The van der Waals surface area contributed by atoms with E-state index in [0.29, 0.717) is 5.02 Å². The predicted molar refractivity (Wildman–Crippen MR) is 60.3 cm³/mol. The van der Waals surface area contributed by atoms with Crippen molar-refractivity contribution in [1.29, 1.82) is 0 Å². The highest BCUT2D eigenvalue weighted by molar-refractivity contribution is 8.00. The summed E-state index contributed by atoms with van der Waals surface area (Å²) in [6, 6.07) is 7.00. The molecule has 1 aromatic carbocycles. The first kappa shape index (κ1) is 10.6. The average molecular weight is 244 g/mol. The molecule has 1 aliphatic heterocycles. The van der Waals surface area contributed by atoms with Crippen LogP contribution < -0.4 is 5.32 Å². The fourth-order valence-electron chi connectivity index (χ4n) is 1.69. The molecule has 1 aliphatic rings. The van der Waals surface area contributed by atoms with Gasteiger partial charge in [-0.2, -0.15) is 0 Å². The topological polar surface area (TPSA) is 46.2 Å². The normalized spacial score (nSPS) is 30.3. The van der Waals surface area contributed by atoms with Gasteiger partial charge in [-0.3, -0.25) is 4.79 Å². The van der Waals surface area contributed by atoms with Crippen molar-refractivity contribution in [2.45, 2.75) is 18.2 Å². The molecule has 0 aromatic heterocycles. The van der Waals surface area contributed by atoms with Gasteiger partial charge in [0.15, 0.2) is 0 Å². The molecule has 1 amide bonds. The van der Waals surface area contributed by atoms with Gasteiger partial charge in [0.1, 0.15) is 10.8 Å². The second-order valence-electron chi connectivity index (χ2n) is 3.49. The molecule has 0 aliphatic carbocycles. The van der Waals surface area contributed by atoms with Crippen LogP contribution in [0.3, 0.4) is 0 Å². The molecule has 0 bridgehead atoms. The first-order valence-electron chi connectivity index (χ1n) is 4.56. The standard InChI is InChI=1S/C10H10ClNO2S/c1-6-9(15(14)10(13)12-6)7-2-4-8(11)5-3-7/h2-6,9H,1H3,(H,12,13). The molecule has 0 radical (unpaired) electrons. The highest BCUT2D eigenvalue weighted by Crippen LogP contribution is 2.29. The Balaban J connectivity index is 2.35. The molecule has 1 aromatic rings. The largest absolute Gasteiger partial charge is 0.341 e. The van der Waals surface area contributed by atoms with E-state index in [4.69, 9.17) is 11.6 Å². The quantitative estimate of drug-likeness (QED) is 0.822. The smallest absolute Gasteiger partial charge is 0.310 e. The number of carbonyl (C=O) groups is 1. The molecule has 5 heteroatoms. The van der Waals surface area contributed by atoms with Gasteiger partial charge < -0.3 is 5.32 Å². The number of carbonyl (C=O) groups excluding carboxylic acids is 1. The lowest BCUT2D eigenvalue weighted by Gasteiger charge is -2.12. The Morgan fingerprint density at radius 3 is 2.40 bits per heavy atom. The van der Waals surface area contributed by atoms with Gasteiger partial charge in [0, 0.05) is 11.1 Å². The molecule has 1 fully saturated rings. The number of nitrogens with one attached hydrogen (secondary N) is 1. The molecule has 3 nitrogen and oxygen atoms in total. The predicted octanol–water partition coefficient (Wildman–Crippen LogP) is 2.24. The van der Waals surface area contributed by atoms with Crippen LogP contribution in [0.5, 0.6) is 0 Å². The molecule has 0 saturated carbocycles. The minimum absolute atomic E-state index is 0.0977. The maximum Gasteiger partial charge on any atom is 0.310 e. The van der Waals surface area contributed by atoms with Crippen molar-refractivity contribution in [3.63, 3.8) is 0 Å². The zero-order valence-corrected chi connectivity index (χ0v) is 9.64. The number of hydrogen-bond acceptors (Lipinski definition) is 2. The lowest BCUT2D eigenvalue weighted by Crippen LogP contribution is -2.23. The molecule has 1 N–H and O–H groups in total. The van der Waals surface area contributed by atoms with Gasteiger partial charge >= 0.3 is 5.24 Å². The van der Waals surface area contributed by atoms with E-state index < -0.39 is 10.8 Å². The molecular formula is C10H10ClNO2S. The van der Waals surface area contributed by atoms with Gasteiger partial charge in [0.05, 0.1) is 5.25 Å². The third-order valence-corrected chi connectivity index (χ3v) is 4.29. The summed E-state index contributed by atoms with van der Waals surface area (Å²) >= 11 is 5.76. The first-order chi connectivity index (χ1) is 7.09. The van der Waals surface area contributed by atoms with E-state index in [1.165, 1.54) is 0 Å². The minimum Gasteiger partial charge on any atom is -0.341 e. The Labute approximate surface area is 95.3 Å². The van der Waals surface area contributed by atoms with Crippen molar-refractivity contribution in [2.75, 3.05) is 0 Å². The number of benzene rings is 1. The van der Waals surface area contributed by atoms with Gasteiger partial charge in [-0.05, 0) is 24.6 Å². The summed E-state index contributed by atoms with van der Waals surface area (Å²) in [5.41, 5.74) is 0.878. The van der Waals surface area contributed by atoms with E-state index in [9.17, 15) is 9.00 Å². The molecule has 15 heavy (non-hydrogen) atoms. The van der Waals surface area contributed by atoms with Crippen molar-refractivity contribution in [3.05, 3.63) is 34.9 Å². The zero-order chi connectivity index (χ0) is 11.0. The summed E-state index contributed by atoms with van der Waals surface area (Å²) in [7, 11) is -1.49. The van der Waals surface area contributed by atoms with Crippen molar-refractivity contribution < 1.29 is 9.00 Å². The fraction of sp³-hybridized carbons (Fsp3) is 0.300. The van der Waals surface area contributed by atoms with Gasteiger partial charge in [-0.15, -0.1) is 0 Å². The van der Waals surface area contributed by atoms with Crippen LogP contribution in [-0.4, -0.2) is 15.5 Å². The van der Waals surface area contributed by atoms with Crippen molar-refractivity contribution >= 4 is 27.6 Å². The Hall–Kier alpha value is -0.870. The lowest BCUT2D eigenvalue weighted by molar-refractivity contribution is 0.259. The van der Waals surface area contributed by atoms with E-state index in [0.717, 1.165) is 5.56 Å². The maximum absolute atomic E-state index is 11.7. The Morgan fingerprint density at radius 1 is 1.33 bits per heavy atom. The summed E-state index contributed by atoms with van der Waals surface area (Å²) in [5.74, 6) is 0. The molecule has 1 heterocycles. The van der Waals surface area contributed by atoms with E-state index in [-0.39, 0.29) is 16.5 Å². The van der Waals surface area contributed by atoms with Gasteiger partial charge in [-0.25, -0.2) is 4.21 Å². The van der Waals surface area contributed by atoms with E-state index in [1.54, 1.807) is 12.1 Å². The van der Waals surface area contributed by atoms with E-state index in [1.807, 2.05) is 19.1 Å². The molecule has 2 rings (SSSR count). The minimum atomic E-state index is -1.49. The highest BCUT2D eigenvalue weighted by atomic mass is 35.5. The lowest BCUT2D eigenvalue weighted by atomic mass is 10.1. The molecule has 3 unspecified atom stereocenters. The zero-order valence-electron chi connectivity index (χ0n) is 8.07. The van der Waals surface area contributed by atoms with E-state index >= 15 is 0 Å². The van der Waals surface area contributed by atoms with Crippen LogP contribution in [0.15, 0.2) is 24.3 Å².